The summed E-state index contributed by atoms with van der Waals surface area (Å²) in [5, 5.41) is 27.5. The molecule has 2 aromatic rings. The molecule has 1 unspecified atom stereocenters. The zero-order chi connectivity index (χ0) is 23.9. The van der Waals surface area contributed by atoms with Gasteiger partial charge in [-0.1, -0.05) is 26.0 Å². The number of hydrogen-bond donors (Lipinski definition) is 2. The number of aromatic nitrogens is 4. The first-order valence-electron chi connectivity index (χ1n) is 10.6. The van der Waals surface area contributed by atoms with E-state index in [1.165, 1.54) is 12.1 Å². The fourth-order valence-corrected chi connectivity index (χ4v) is 3.45. The van der Waals surface area contributed by atoms with Gasteiger partial charge in [0.1, 0.15) is 5.82 Å². The molecule has 1 aromatic heterocycles. The highest BCUT2D eigenvalue weighted by Gasteiger charge is 2.33. The van der Waals surface area contributed by atoms with E-state index in [0.717, 1.165) is 50.5 Å². The second-order valence-corrected chi connectivity index (χ2v) is 8.15. The lowest BCUT2D eigenvalue weighted by Gasteiger charge is -2.39. The smallest absolute Gasteiger partial charge is 0.414 e. The van der Waals surface area contributed by atoms with Crippen molar-refractivity contribution in [1.82, 2.24) is 30.0 Å². The minimum Gasteiger partial charge on any atom is -0.473 e. The van der Waals surface area contributed by atoms with Crippen molar-refractivity contribution in [1.29, 1.82) is 0 Å². The van der Waals surface area contributed by atoms with Gasteiger partial charge in [-0.3, -0.25) is 4.90 Å². The molecule has 2 heterocycles. The highest BCUT2D eigenvalue weighted by molar-refractivity contribution is 6.27. The summed E-state index contributed by atoms with van der Waals surface area (Å²) in [5.74, 6) is -3.05. The number of tetrazole rings is 1. The summed E-state index contributed by atoms with van der Waals surface area (Å²) in [6, 6.07) is 6.66. The first-order valence-corrected chi connectivity index (χ1v) is 10.6. The van der Waals surface area contributed by atoms with Gasteiger partial charge in [0.2, 0.25) is 0 Å². The quantitative estimate of drug-likeness (QED) is 0.634. The van der Waals surface area contributed by atoms with Gasteiger partial charge in [0.25, 0.3) is 0 Å². The van der Waals surface area contributed by atoms with Crippen molar-refractivity contribution in [2.24, 2.45) is 0 Å². The molecule has 0 bridgehead atoms. The Bertz CT molecular complexity index is 882. The number of carboxylic acid groups (broad SMARTS) is 2. The molecule has 1 atom stereocenters. The number of likely N-dealkylation sites (N-methyl/N-ethyl adjacent to an activating group) is 1. The number of halogens is 1. The molecule has 32 heavy (non-hydrogen) atoms. The standard InChI is InChI=1S/C19H29FN6.C2H2O4/c1-5-19(3,4)26-18(21-22-23-26)17(15-7-9-16(20)10-8-15)25-13-11-24(6-2)12-14-25;3-1(4)2(5)6/h7-10,17H,5-6,11-14H2,1-4H3;(H,3,4)(H,5,6). The van der Waals surface area contributed by atoms with Crippen molar-refractivity contribution in [3.63, 3.8) is 0 Å². The molecular weight excluding hydrogens is 419 g/mol. The Hall–Kier alpha value is -2.92. The number of piperazine rings is 1. The maximum absolute atomic E-state index is 13.5. The highest BCUT2D eigenvalue weighted by atomic mass is 19.1. The molecule has 176 valence electrons. The number of aliphatic carboxylic acids is 2. The Morgan fingerprint density at radius 1 is 1.06 bits per heavy atom. The molecule has 2 N–H and O–H groups in total. The van der Waals surface area contributed by atoms with Crippen molar-refractivity contribution >= 4 is 11.9 Å². The van der Waals surface area contributed by atoms with E-state index in [-0.39, 0.29) is 17.4 Å². The van der Waals surface area contributed by atoms with Gasteiger partial charge in [-0.25, -0.2) is 18.7 Å². The number of nitrogens with zero attached hydrogens (tertiary/aromatic N) is 6. The molecule has 0 spiro atoms. The van der Waals surface area contributed by atoms with Crippen LogP contribution in [-0.4, -0.2) is 84.9 Å². The molecule has 0 amide bonds. The van der Waals surface area contributed by atoms with Gasteiger partial charge in [-0.15, -0.1) is 5.10 Å². The van der Waals surface area contributed by atoms with Gasteiger partial charge in [0, 0.05) is 26.2 Å². The predicted molar refractivity (Wildman–Crippen MR) is 115 cm³/mol. The molecule has 1 saturated heterocycles. The summed E-state index contributed by atoms with van der Waals surface area (Å²) < 4.78 is 15.4. The zero-order valence-corrected chi connectivity index (χ0v) is 18.9. The first-order chi connectivity index (χ1) is 15.1. The number of hydrogen-bond acceptors (Lipinski definition) is 7. The molecule has 1 aliphatic heterocycles. The van der Waals surface area contributed by atoms with Crippen molar-refractivity contribution in [2.45, 2.75) is 45.7 Å². The van der Waals surface area contributed by atoms with Crippen LogP contribution in [0.2, 0.25) is 0 Å². The molecular formula is C21H31FN6O4. The molecule has 3 rings (SSSR count). The number of rotatable bonds is 6. The summed E-state index contributed by atoms with van der Waals surface area (Å²) in [7, 11) is 0. The molecule has 0 saturated carbocycles. The summed E-state index contributed by atoms with van der Waals surface area (Å²) in [5.41, 5.74) is 0.849. The number of carbonyl (C=O) groups is 2. The minimum absolute atomic E-state index is 0.0737. The second kappa shape index (κ2) is 11.1. The lowest BCUT2D eigenvalue weighted by molar-refractivity contribution is -0.159. The van der Waals surface area contributed by atoms with E-state index in [4.69, 9.17) is 19.8 Å². The Morgan fingerprint density at radius 3 is 2.09 bits per heavy atom. The maximum atomic E-state index is 13.5. The highest BCUT2D eigenvalue weighted by Crippen LogP contribution is 2.31. The van der Waals surface area contributed by atoms with E-state index in [1.807, 2.05) is 16.8 Å². The van der Waals surface area contributed by atoms with Crippen LogP contribution in [-0.2, 0) is 15.1 Å². The largest absolute Gasteiger partial charge is 0.473 e. The van der Waals surface area contributed by atoms with Gasteiger partial charge in [0.15, 0.2) is 5.82 Å². The maximum Gasteiger partial charge on any atom is 0.414 e. The molecule has 1 fully saturated rings. The summed E-state index contributed by atoms with van der Waals surface area (Å²) >= 11 is 0. The number of carboxylic acids is 2. The van der Waals surface area contributed by atoms with E-state index in [1.54, 1.807) is 0 Å². The average Bonchev–Trinajstić information content (AvgIpc) is 3.26. The molecule has 1 aliphatic rings. The van der Waals surface area contributed by atoms with E-state index >= 15 is 0 Å². The summed E-state index contributed by atoms with van der Waals surface area (Å²) in [6.45, 7) is 13.6. The second-order valence-electron chi connectivity index (χ2n) is 8.15. The van der Waals surface area contributed by atoms with E-state index < -0.39 is 11.9 Å². The Morgan fingerprint density at radius 2 is 1.62 bits per heavy atom. The van der Waals surface area contributed by atoms with E-state index in [9.17, 15) is 4.39 Å². The SMILES string of the molecule is CCN1CCN(C(c2ccc(F)cc2)c2nnnn2C(C)(C)CC)CC1.O=C(O)C(=O)O. The summed E-state index contributed by atoms with van der Waals surface area (Å²) in [4.78, 5) is 23.1. The monoisotopic (exact) mass is 450 g/mol. The Balaban J connectivity index is 0.000000534. The third-order valence-corrected chi connectivity index (χ3v) is 5.76. The van der Waals surface area contributed by atoms with Gasteiger partial charge in [-0.05, 0) is 54.9 Å². The van der Waals surface area contributed by atoms with Gasteiger partial charge in [-0.2, -0.15) is 0 Å². The fraction of sp³-hybridized carbons (Fsp3) is 0.571. The minimum atomic E-state index is -1.82. The van der Waals surface area contributed by atoms with Crippen LogP contribution in [0.5, 0.6) is 0 Å². The molecule has 10 nitrogen and oxygen atoms in total. The lowest BCUT2D eigenvalue weighted by Crippen LogP contribution is -2.48. The lowest BCUT2D eigenvalue weighted by atomic mass is 9.99. The molecule has 11 heteroatoms. The van der Waals surface area contributed by atoms with Crippen LogP contribution in [0.4, 0.5) is 4.39 Å². The number of benzene rings is 1. The Labute approximate surface area is 186 Å². The van der Waals surface area contributed by atoms with E-state index in [0.29, 0.717) is 0 Å². The predicted octanol–water partition coefficient (Wildman–Crippen LogP) is 1.84. The van der Waals surface area contributed by atoms with Gasteiger partial charge in [0.05, 0.1) is 11.6 Å². The normalized spacial score (nSPS) is 16.2. The van der Waals surface area contributed by atoms with Crippen molar-refractivity contribution in [2.75, 3.05) is 32.7 Å². The Kier molecular flexibility index (Phi) is 8.79. The average molecular weight is 451 g/mol. The zero-order valence-electron chi connectivity index (χ0n) is 18.9. The third-order valence-electron chi connectivity index (χ3n) is 5.76. The molecule has 0 aliphatic carbocycles. The van der Waals surface area contributed by atoms with Crippen LogP contribution in [0.3, 0.4) is 0 Å². The third kappa shape index (κ3) is 6.30. The van der Waals surface area contributed by atoms with Crippen LogP contribution in [0, 0.1) is 5.82 Å². The first kappa shape index (κ1) is 25.3. The van der Waals surface area contributed by atoms with Crippen LogP contribution in [0.15, 0.2) is 24.3 Å². The van der Waals surface area contributed by atoms with Crippen LogP contribution >= 0.6 is 0 Å². The van der Waals surface area contributed by atoms with Crippen LogP contribution in [0.25, 0.3) is 0 Å². The van der Waals surface area contributed by atoms with E-state index in [2.05, 4.69) is 53.0 Å². The van der Waals surface area contributed by atoms with Crippen LogP contribution < -0.4 is 0 Å². The van der Waals surface area contributed by atoms with Crippen molar-refractivity contribution in [3.05, 3.63) is 41.5 Å². The van der Waals surface area contributed by atoms with Gasteiger partial charge < -0.3 is 15.1 Å². The van der Waals surface area contributed by atoms with Crippen molar-refractivity contribution < 1.29 is 24.2 Å². The molecule has 0 radical (unpaired) electrons. The van der Waals surface area contributed by atoms with Gasteiger partial charge >= 0.3 is 11.9 Å². The molecule has 1 aromatic carbocycles. The van der Waals surface area contributed by atoms with Crippen LogP contribution in [0.1, 0.15) is 51.5 Å². The fourth-order valence-electron chi connectivity index (χ4n) is 3.45. The summed E-state index contributed by atoms with van der Waals surface area (Å²) in [6.07, 6.45) is 0.921. The topological polar surface area (TPSA) is 125 Å². The van der Waals surface area contributed by atoms with Crippen molar-refractivity contribution in [3.8, 4) is 0 Å².